The second-order valence-corrected chi connectivity index (χ2v) is 2.31. The molecule has 1 heterocycles. The highest BCUT2D eigenvalue weighted by molar-refractivity contribution is 5.24. The molecule has 66 valence electrons. The van der Waals surface area contributed by atoms with Crippen LogP contribution in [0.1, 0.15) is 17.6 Å². The zero-order chi connectivity index (χ0) is 9.30. The number of halogens is 3. The molecule has 1 aromatic heterocycles. The molecular formula is C7H6F3NO. The van der Waals surface area contributed by atoms with Gasteiger partial charge in [0.05, 0.1) is 5.56 Å². The van der Waals surface area contributed by atoms with Crippen molar-refractivity contribution in [3.63, 3.8) is 0 Å². The second kappa shape index (κ2) is 3.00. The molecule has 0 spiro atoms. The Morgan fingerprint density at radius 2 is 2.08 bits per heavy atom. The number of alkyl halides is 2. The smallest absolute Gasteiger partial charge is 0.267 e. The molecule has 0 aliphatic heterocycles. The van der Waals surface area contributed by atoms with Gasteiger partial charge < -0.3 is 4.98 Å². The lowest BCUT2D eigenvalue weighted by atomic mass is 10.1. The second-order valence-electron chi connectivity index (χ2n) is 2.31. The molecule has 0 unspecified atom stereocenters. The largest absolute Gasteiger partial charge is 0.326 e. The van der Waals surface area contributed by atoms with Crippen molar-refractivity contribution in [1.82, 2.24) is 4.98 Å². The van der Waals surface area contributed by atoms with E-state index in [-0.39, 0.29) is 5.56 Å². The number of pyridine rings is 1. The molecule has 0 aromatic carbocycles. The molecule has 0 radical (unpaired) electrons. The summed E-state index contributed by atoms with van der Waals surface area (Å²) in [6.45, 7) is 1.16. The van der Waals surface area contributed by atoms with Crippen LogP contribution in [-0.4, -0.2) is 4.98 Å². The van der Waals surface area contributed by atoms with E-state index in [0.717, 1.165) is 6.92 Å². The number of rotatable bonds is 1. The van der Waals surface area contributed by atoms with E-state index in [4.69, 9.17) is 0 Å². The SMILES string of the molecule is Cc1c(C(F)F)c(F)c[nH]c1=O. The van der Waals surface area contributed by atoms with Crippen molar-refractivity contribution >= 4 is 0 Å². The maximum Gasteiger partial charge on any atom is 0.267 e. The molecule has 2 nitrogen and oxygen atoms in total. The first kappa shape index (κ1) is 8.83. The van der Waals surface area contributed by atoms with Crippen LogP contribution in [0.5, 0.6) is 0 Å². The van der Waals surface area contributed by atoms with Crippen LogP contribution in [0, 0.1) is 12.7 Å². The van der Waals surface area contributed by atoms with Crippen LogP contribution in [0.4, 0.5) is 13.2 Å². The Kier molecular flexibility index (Phi) is 2.21. The van der Waals surface area contributed by atoms with Gasteiger partial charge in [0.2, 0.25) is 0 Å². The third kappa shape index (κ3) is 1.34. The lowest BCUT2D eigenvalue weighted by Gasteiger charge is -2.03. The summed E-state index contributed by atoms with van der Waals surface area (Å²) in [5, 5.41) is 0. The van der Waals surface area contributed by atoms with Crippen molar-refractivity contribution in [2.75, 3.05) is 0 Å². The third-order valence-corrected chi connectivity index (χ3v) is 1.55. The summed E-state index contributed by atoms with van der Waals surface area (Å²) in [5.41, 5.74) is -1.78. The van der Waals surface area contributed by atoms with Gasteiger partial charge in [0, 0.05) is 11.8 Å². The number of aromatic amines is 1. The van der Waals surface area contributed by atoms with Gasteiger partial charge in [0.25, 0.3) is 12.0 Å². The van der Waals surface area contributed by atoms with Crippen molar-refractivity contribution in [1.29, 1.82) is 0 Å². The third-order valence-electron chi connectivity index (χ3n) is 1.55. The van der Waals surface area contributed by atoms with Gasteiger partial charge in [-0.15, -0.1) is 0 Å². The summed E-state index contributed by atoms with van der Waals surface area (Å²) in [6.07, 6.45) is -2.32. The van der Waals surface area contributed by atoms with Crippen molar-refractivity contribution in [3.05, 3.63) is 33.5 Å². The number of aromatic nitrogens is 1. The standard InChI is InChI=1S/C7H6F3NO/c1-3-5(6(9)10)4(8)2-11-7(3)12/h2,6H,1H3,(H,11,12). The number of hydrogen-bond donors (Lipinski definition) is 1. The molecule has 0 aliphatic rings. The maximum absolute atomic E-state index is 12.6. The molecule has 5 heteroatoms. The van der Waals surface area contributed by atoms with Crippen LogP contribution >= 0.6 is 0 Å². The first-order chi connectivity index (χ1) is 5.54. The molecule has 12 heavy (non-hydrogen) atoms. The van der Waals surface area contributed by atoms with Crippen LogP contribution in [0.2, 0.25) is 0 Å². The highest BCUT2D eigenvalue weighted by Gasteiger charge is 2.17. The Balaban J connectivity index is 3.43. The first-order valence-electron chi connectivity index (χ1n) is 3.20. The fourth-order valence-corrected chi connectivity index (χ4v) is 0.884. The zero-order valence-electron chi connectivity index (χ0n) is 6.20. The van der Waals surface area contributed by atoms with Crippen molar-refractivity contribution in [2.24, 2.45) is 0 Å². The lowest BCUT2D eigenvalue weighted by Crippen LogP contribution is -2.13. The van der Waals surface area contributed by atoms with E-state index in [9.17, 15) is 18.0 Å². The van der Waals surface area contributed by atoms with Crippen molar-refractivity contribution in [3.8, 4) is 0 Å². The molecular weight excluding hydrogens is 171 g/mol. The Labute approximate surface area is 66.0 Å². The highest BCUT2D eigenvalue weighted by atomic mass is 19.3. The van der Waals surface area contributed by atoms with Gasteiger partial charge >= 0.3 is 0 Å². The van der Waals surface area contributed by atoms with E-state index in [0.29, 0.717) is 6.20 Å². The van der Waals surface area contributed by atoms with Gasteiger partial charge in [-0.3, -0.25) is 4.79 Å². The average molecular weight is 177 g/mol. The van der Waals surface area contributed by atoms with Crippen LogP contribution < -0.4 is 5.56 Å². The summed E-state index contributed by atoms with van der Waals surface area (Å²) >= 11 is 0. The maximum atomic E-state index is 12.6. The average Bonchev–Trinajstić information content (AvgIpc) is 1.97. The minimum atomic E-state index is -2.95. The van der Waals surface area contributed by atoms with Gasteiger partial charge in [-0.1, -0.05) is 0 Å². The minimum Gasteiger partial charge on any atom is -0.326 e. The zero-order valence-corrected chi connectivity index (χ0v) is 6.20. The van der Waals surface area contributed by atoms with Crippen molar-refractivity contribution in [2.45, 2.75) is 13.3 Å². The van der Waals surface area contributed by atoms with Crippen LogP contribution in [0.15, 0.2) is 11.0 Å². The summed E-state index contributed by atoms with van der Waals surface area (Å²) in [6, 6.07) is 0. The number of nitrogens with one attached hydrogen (secondary N) is 1. The van der Waals surface area contributed by atoms with E-state index in [2.05, 4.69) is 0 Å². The van der Waals surface area contributed by atoms with Gasteiger partial charge in [-0.2, -0.15) is 0 Å². The normalized spacial score (nSPS) is 10.8. The number of H-pyrrole nitrogens is 1. The van der Waals surface area contributed by atoms with E-state index in [1.165, 1.54) is 0 Å². The van der Waals surface area contributed by atoms with Gasteiger partial charge in [0.1, 0.15) is 5.82 Å². The Hall–Kier alpha value is -1.26. The van der Waals surface area contributed by atoms with Gasteiger partial charge in [-0.05, 0) is 6.92 Å². The summed E-state index contributed by atoms with van der Waals surface area (Å²) in [4.78, 5) is 12.7. The van der Waals surface area contributed by atoms with Crippen LogP contribution in [0.25, 0.3) is 0 Å². The van der Waals surface area contributed by atoms with E-state index < -0.39 is 23.4 Å². The first-order valence-corrected chi connectivity index (χ1v) is 3.20. The monoisotopic (exact) mass is 177 g/mol. The topological polar surface area (TPSA) is 32.9 Å². The molecule has 1 N–H and O–H groups in total. The fraction of sp³-hybridized carbons (Fsp3) is 0.286. The quantitative estimate of drug-likeness (QED) is 0.696. The summed E-state index contributed by atoms with van der Waals surface area (Å²) in [7, 11) is 0. The van der Waals surface area contributed by atoms with Crippen molar-refractivity contribution < 1.29 is 13.2 Å². The Morgan fingerprint density at radius 3 is 2.50 bits per heavy atom. The molecule has 0 amide bonds. The van der Waals surface area contributed by atoms with E-state index in [1.807, 2.05) is 4.98 Å². The predicted octanol–water partition coefficient (Wildman–Crippen LogP) is 1.76. The number of hydrogen-bond acceptors (Lipinski definition) is 1. The molecule has 0 fully saturated rings. The fourth-order valence-electron chi connectivity index (χ4n) is 0.884. The molecule has 0 saturated carbocycles. The Morgan fingerprint density at radius 1 is 1.50 bits per heavy atom. The summed E-state index contributed by atoms with van der Waals surface area (Å²) in [5.74, 6) is -1.08. The predicted molar refractivity (Wildman–Crippen MR) is 36.7 cm³/mol. The van der Waals surface area contributed by atoms with Crippen LogP contribution in [-0.2, 0) is 0 Å². The van der Waals surface area contributed by atoms with E-state index >= 15 is 0 Å². The molecule has 1 rings (SSSR count). The lowest BCUT2D eigenvalue weighted by molar-refractivity contribution is 0.145. The molecule has 1 aromatic rings. The highest BCUT2D eigenvalue weighted by Crippen LogP contribution is 2.22. The minimum absolute atomic E-state index is 0.273. The molecule has 0 saturated heterocycles. The van der Waals surface area contributed by atoms with Gasteiger partial charge in [-0.25, -0.2) is 13.2 Å². The van der Waals surface area contributed by atoms with E-state index in [1.54, 1.807) is 0 Å². The molecule has 0 aliphatic carbocycles. The molecule has 0 bridgehead atoms. The molecule has 0 atom stereocenters. The summed E-state index contributed by atoms with van der Waals surface area (Å²) < 4.78 is 36.8. The van der Waals surface area contributed by atoms with Crippen LogP contribution in [0.3, 0.4) is 0 Å². The van der Waals surface area contributed by atoms with Gasteiger partial charge in [0.15, 0.2) is 0 Å². The Bertz CT molecular complexity index is 345.